The molecule has 0 heterocycles. The minimum Gasteiger partial charge on any atom is -0.491 e. The van der Waals surface area contributed by atoms with E-state index in [4.69, 9.17) is 9.47 Å². The molecule has 0 radical (unpaired) electrons. The first-order chi connectivity index (χ1) is 10.2. The van der Waals surface area contributed by atoms with E-state index in [-0.39, 0.29) is 5.91 Å². The van der Waals surface area contributed by atoms with Gasteiger partial charge in [0, 0.05) is 12.6 Å². The van der Waals surface area contributed by atoms with E-state index in [0.717, 1.165) is 17.0 Å². The quantitative estimate of drug-likeness (QED) is 0.794. The van der Waals surface area contributed by atoms with Crippen LogP contribution in [0.15, 0.2) is 54.6 Å². The SMILES string of the molecule is CC(=O)Nc1ccc(OCCOCc2ccccc2)cc1. The molecular formula is C17H19NO3. The average Bonchev–Trinajstić information content (AvgIpc) is 2.49. The lowest BCUT2D eigenvalue weighted by Gasteiger charge is -2.08. The largest absolute Gasteiger partial charge is 0.491 e. The Labute approximate surface area is 124 Å². The molecule has 1 amide bonds. The van der Waals surface area contributed by atoms with Crippen LogP contribution in [0, 0.1) is 0 Å². The number of hydrogen-bond acceptors (Lipinski definition) is 3. The minimum absolute atomic E-state index is 0.0852. The minimum atomic E-state index is -0.0852. The Hall–Kier alpha value is -2.33. The molecule has 1 N–H and O–H groups in total. The second kappa shape index (κ2) is 8.07. The first-order valence-corrected chi connectivity index (χ1v) is 6.86. The molecule has 0 bridgehead atoms. The molecule has 4 heteroatoms. The van der Waals surface area contributed by atoms with Crippen molar-refractivity contribution in [2.24, 2.45) is 0 Å². The van der Waals surface area contributed by atoms with Crippen LogP contribution in [0.3, 0.4) is 0 Å². The van der Waals surface area contributed by atoms with Crippen molar-refractivity contribution in [3.63, 3.8) is 0 Å². The molecule has 2 aromatic rings. The van der Waals surface area contributed by atoms with Crippen molar-refractivity contribution in [1.29, 1.82) is 0 Å². The van der Waals surface area contributed by atoms with E-state index in [9.17, 15) is 4.79 Å². The summed E-state index contributed by atoms with van der Waals surface area (Å²) in [7, 11) is 0. The summed E-state index contributed by atoms with van der Waals surface area (Å²) in [4.78, 5) is 10.9. The normalized spacial score (nSPS) is 10.1. The van der Waals surface area contributed by atoms with Gasteiger partial charge in [0.2, 0.25) is 5.91 Å². The fraction of sp³-hybridized carbons (Fsp3) is 0.235. The van der Waals surface area contributed by atoms with Gasteiger partial charge in [-0.05, 0) is 29.8 Å². The highest BCUT2D eigenvalue weighted by Crippen LogP contribution is 2.15. The van der Waals surface area contributed by atoms with Gasteiger partial charge in [-0.15, -0.1) is 0 Å². The smallest absolute Gasteiger partial charge is 0.221 e. The number of carbonyl (C=O) groups excluding carboxylic acids is 1. The summed E-state index contributed by atoms with van der Waals surface area (Å²) in [6.07, 6.45) is 0. The van der Waals surface area contributed by atoms with Crippen molar-refractivity contribution >= 4 is 11.6 Å². The zero-order valence-corrected chi connectivity index (χ0v) is 12.0. The van der Waals surface area contributed by atoms with E-state index in [0.29, 0.717) is 19.8 Å². The number of ether oxygens (including phenoxy) is 2. The van der Waals surface area contributed by atoms with Crippen LogP contribution < -0.4 is 10.1 Å². The maximum atomic E-state index is 10.9. The molecule has 0 saturated heterocycles. The van der Waals surface area contributed by atoms with Gasteiger partial charge in [0.1, 0.15) is 12.4 Å². The van der Waals surface area contributed by atoms with Crippen LogP contribution in [0.4, 0.5) is 5.69 Å². The van der Waals surface area contributed by atoms with Crippen LogP contribution in [0.1, 0.15) is 12.5 Å². The standard InChI is InChI=1S/C17H19NO3/c1-14(19)18-16-7-9-17(10-8-16)21-12-11-20-13-15-5-3-2-4-6-15/h2-10H,11-13H2,1H3,(H,18,19). The summed E-state index contributed by atoms with van der Waals surface area (Å²) in [5, 5.41) is 2.71. The van der Waals surface area contributed by atoms with E-state index in [1.54, 1.807) is 0 Å². The lowest BCUT2D eigenvalue weighted by atomic mass is 10.2. The molecule has 21 heavy (non-hydrogen) atoms. The molecule has 0 aliphatic rings. The van der Waals surface area contributed by atoms with E-state index in [1.807, 2.05) is 54.6 Å². The average molecular weight is 285 g/mol. The third-order valence-electron chi connectivity index (χ3n) is 2.78. The van der Waals surface area contributed by atoms with Crippen LogP contribution >= 0.6 is 0 Å². The highest BCUT2D eigenvalue weighted by molar-refractivity contribution is 5.88. The summed E-state index contributed by atoms with van der Waals surface area (Å²) in [6, 6.07) is 17.3. The van der Waals surface area contributed by atoms with Gasteiger partial charge in [0.15, 0.2) is 0 Å². The Morgan fingerprint density at radius 1 is 1.00 bits per heavy atom. The first kappa shape index (κ1) is 15.1. The fourth-order valence-electron chi connectivity index (χ4n) is 1.82. The van der Waals surface area contributed by atoms with Gasteiger partial charge < -0.3 is 14.8 Å². The third kappa shape index (κ3) is 5.67. The van der Waals surface area contributed by atoms with Gasteiger partial charge >= 0.3 is 0 Å². The number of rotatable bonds is 7. The molecule has 0 saturated carbocycles. The van der Waals surface area contributed by atoms with Gasteiger partial charge in [-0.3, -0.25) is 4.79 Å². The summed E-state index contributed by atoms with van der Waals surface area (Å²) in [5.41, 5.74) is 1.91. The molecule has 2 aromatic carbocycles. The molecule has 0 unspecified atom stereocenters. The highest BCUT2D eigenvalue weighted by Gasteiger charge is 1.98. The molecule has 110 valence electrons. The lowest BCUT2D eigenvalue weighted by molar-refractivity contribution is -0.114. The first-order valence-electron chi connectivity index (χ1n) is 6.86. The van der Waals surface area contributed by atoms with E-state index < -0.39 is 0 Å². The number of amides is 1. The molecule has 0 aromatic heterocycles. The van der Waals surface area contributed by atoms with E-state index in [2.05, 4.69) is 5.32 Å². The number of anilines is 1. The zero-order chi connectivity index (χ0) is 14.9. The Morgan fingerprint density at radius 3 is 2.38 bits per heavy atom. The van der Waals surface area contributed by atoms with Gasteiger partial charge in [0.05, 0.1) is 13.2 Å². The molecule has 0 aliphatic heterocycles. The van der Waals surface area contributed by atoms with Gasteiger partial charge in [0.25, 0.3) is 0 Å². The predicted molar refractivity (Wildman–Crippen MR) is 82.3 cm³/mol. The second-order valence-electron chi connectivity index (χ2n) is 4.59. The summed E-state index contributed by atoms with van der Waals surface area (Å²) in [5.74, 6) is 0.672. The molecule has 0 fully saturated rings. The zero-order valence-electron chi connectivity index (χ0n) is 12.0. The van der Waals surface area contributed by atoms with E-state index in [1.165, 1.54) is 6.92 Å². The number of carbonyl (C=O) groups is 1. The van der Waals surface area contributed by atoms with Crippen molar-refractivity contribution in [2.45, 2.75) is 13.5 Å². The molecule has 4 nitrogen and oxygen atoms in total. The molecule has 2 rings (SSSR count). The third-order valence-corrected chi connectivity index (χ3v) is 2.78. The monoisotopic (exact) mass is 285 g/mol. The van der Waals surface area contributed by atoms with Gasteiger partial charge in [-0.1, -0.05) is 30.3 Å². The van der Waals surface area contributed by atoms with Crippen molar-refractivity contribution in [2.75, 3.05) is 18.5 Å². The fourth-order valence-corrected chi connectivity index (χ4v) is 1.82. The van der Waals surface area contributed by atoms with Crippen molar-refractivity contribution in [3.05, 3.63) is 60.2 Å². The topological polar surface area (TPSA) is 47.6 Å². The van der Waals surface area contributed by atoms with Crippen LogP contribution in [-0.4, -0.2) is 19.1 Å². The highest BCUT2D eigenvalue weighted by atomic mass is 16.5. The van der Waals surface area contributed by atoms with E-state index >= 15 is 0 Å². The Balaban J connectivity index is 1.65. The van der Waals surface area contributed by atoms with Crippen LogP contribution in [0.2, 0.25) is 0 Å². The maximum absolute atomic E-state index is 10.9. The summed E-state index contributed by atoms with van der Waals surface area (Å²) in [6.45, 7) is 3.09. The number of nitrogens with one attached hydrogen (secondary N) is 1. The molecule has 0 atom stereocenters. The summed E-state index contributed by atoms with van der Waals surface area (Å²) < 4.78 is 11.1. The van der Waals surface area contributed by atoms with Crippen LogP contribution in [0.25, 0.3) is 0 Å². The Morgan fingerprint density at radius 2 is 1.71 bits per heavy atom. The van der Waals surface area contributed by atoms with Gasteiger partial charge in [-0.25, -0.2) is 0 Å². The lowest BCUT2D eigenvalue weighted by Crippen LogP contribution is -2.07. The Kier molecular flexibility index (Phi) is 5.79. The maximum Gasteiger partial charge on any atom is 0.221 e. The van der Waals surface area contributed by atoms with Crippen molar-refractivity contribution in [3.8, 4) is 5.75 Å². The second-order valence-corrected chi connectivity index (χ2v) is 4.59. The molecule has 0 aliphatic carbocycles. The summed E-state index contributed by atoms with van der Waals surface area (Å²) >= 11 is 0. The Bertz CT molecular complexity index is 552. The van der Waals surface area contributed by atoms with Gasteiger partial charge in [-0.2, -0.15) is 0 Å². The number of benzene rings is 2. The molecule has 0 spiro atoms. The molecular weight excluding hydrogens is 266 g/mol. The van der Waals surface area contributed by atoms with Crippen LogP contribution in [0.5, 0.6) is 5.75 Å². The van der Waals surface area contributed by atoms with Crippen molar-refractivity contribution < 1.29 is 14.3 Å². The van der Waals surface area contributed by atoms with Crippen molar-refractivity contribution in [1.82, 2.24) is 0 Å². The van der Waals surface area contributed by atoms with Crippen LogP contribution in [-0.2, 0) is 16.1 Å². The number of hydrogen-bond donors (Lipinski definition) is 1. The predicted octanol–water partition coefficient (Wildman–Crippen LogP) is 3.24.